The van der Waals surface area contributed by atoms with Crippen molar-refractivity contribution in [2.24, 2.45) is 0 Å². The van der Waals surface area contributed by atoms with E-state index in [0.29, 0.717) is 22.6 Å². The molecule has 8 nitrogen and oxygen atoms in total. The SMILES string of the molecule is CN(C)c1ccc(/C=C2/C(=O)NN(c3ccccc3)C2=O)c(OCc2cccc(C(=O)O)c2)c1. The number of amides is 2. The summed E-state index contributed by atoms with van der Waals surface area (Å²) < 4.78 is 6.02. The summed E-state index contributed by atoms with van der Waals surface area (Å²) in [6.45, 7) is 0.116. The number of hydrogen-bond donors (Lipinski definition) is 2. The minimum atomic E-state index is -1.02. The highest BCUT2D eigenvalue weighted by molar-refractivity contribution is 6.31. The van der Waals surface area contributed by atoms with E-state index in [1.807, 2.05) is 31.1 Å². The van der Waals surface area contributed by atoms with Crippen molar-refractivity contribution in [3.63, 3.8) is 0 Å². The lowest BCUT2D eigenvalue weighted by Gasteiger charge is -2.16. The number of anilines is 2. The smallest absolute Gasteiger partial charge is 0.335 e. The molecule has 2 amide bonds. The van der Waals surface area contributed by atoms with E-state index >= 15 is 0 Å². The summed E-state index contributed by atoms with van der Waals surface area (Å²) in [6, 6.07) is 20.8. The average Bonchev–Trinajstić information content (AvgIpc) is 3.12. The summed E-state index contributed by atoms with van der Waals surface area (Å²) >= 11 is 0. The van der Waals surface area contributed by atoms with Crippen LogP contribution in [0.4, 0.5) is 11.4 Å². The molecule has 0 atom stereocenters. The Morgan fingerprint density at radius 2 is 1.79 bits per heavy atom. The van der Waals surface area contributed by atoms with E-state index in [1.54, 1.807) is 54.6 Å². The Labute approximate surface area is 196 Å². The van der Waals surface area contributed by atoms with E-state index in [1.165, 1.54) is 17.2 Å². The van der Waals surface area contributed by atoms with Crippen LogP contribution in [-0.2, 0) is 16.2 Å². The third-order valence-corrected chi connectivity index (χ3v) is 5.29. The first-order valence-corrected chi connectivity index (χ1v) is 10.5. The number of nitrogens with zero attached hydrogens (tertiary/aromatic N) is 2. The molecule has 0 unspecified atom stereocenters. The van der Waals surface area contributed by atoms with Crippen LogP contribution < -0.4 is 20.1 Å². The number of benzene rings is 3. The first-order chi connectivity index (χ1) is 16.3. The maximum absolute atomic E-state index is 13.0. The van der Waals surface area contributed by atoms with E-state index in [4.69, 9.17) is 4.74 Å². The predicted octanol–water partition coefficient (Wildman–Crippen LogP) is 3.49. The molecule has 172 valence electrons. The van der Waals surface area contributed by atoms with Crippen molar-refractivity contribution in [1.82, 2.24) is 5.43 Å². The number of aromatic carboxylic acids is 1. The molecule has 0 aromatic heterocycles. The van der Waals surface area contributed by atoms with Crippen molar-refractivity contribution < 1.29 is 24.2 Å². The number of carbonyl (C=O) groups excluding carboxylic acids is 2. The summed E-state index contributed by atoms with van der Waals surface area (Å²) in [5, 5.41) is 10.4. The zero-order valence-corrected chi connectivity index (χ0v) is 18.7. The van der Waals surface area contributed by atoms with Gasteiger partial charge in [-0.2, -0.15) is 0 Å². The second-order valence-electron chi connectivity index (χ2n) is 7.89. The van der Waals surface area contributed by atoms with Crippen molar-refractivity contribution in [3.8, 4) is 5.75 Å². The Morgan fingerprint density at radius 1 is 1.03 bits per heavy atom. The summed E-state index contributed by atoms with van der Waals surface area (Å²) in [4.78, 5) is 38.7. The van der Waals surface area contributed by atoms with Crippen molar-refractivity contribution >= 4 is 35.2 Å². The number of carbonyl (C=O) groups is 3. The van der Waals surface area contributed by atoms with Crippen LogP contribution in [0.25, 0.3) is 6.08 Å². The van der Waals surface area contributed by atoms with Gasteiger partial charge in [0.2, 0.25) is 0 Å². The normalized spacial score (nSPS) is 14.3. The van der Waals surface area contributed by atoms with Crippen LogP contribution >= 0.6 is 0 Å². The first-order valence-electron chi connectivity index (χ1n) is 10.5. The molecule has 0 bridgehead atoms. The minimum absolute atomic E-state index is 0.0146. The lowest BCUT2D eigenvalue weighted by atomic mass is 10.1. The molecule has 4 rings (SSSR count). The van der Waals surface area contributed by atoms with Crippen LogP contribution in [0, 0.1) is 0 Å². The summed E-state index contributed by atoms with van der Waals surface area (Å²) in [6.07, 6.45) is 1.50. The molecule has 8 heteroatoms. The fraction of sp³-hybridized carbons (Fsp3) is 0.115. The largest absolute Gasteiger partial charge is 0.488 e. The highest BCUT2D eigenvalue weighted by atomic mass is 16.5. The second kappa shape index (κ2) is 9.50. The highest BCUT2D eigenvalue weighted by Crippen LogP contribution is 2.29. The molecule has 3 aromatic carbocycles. The van der Waals surface area contributed by atoms with Crippen LogP contribution in [-0.4, -0.2) is 37.0 Å². The number of hydrazine groups is 1. The Hall–Kier alpha value is -4.59. The van der Waals surface area contributed by atoms with Gasteiger partial charge in [-0.3, -0.25) is 15.0 Å². The number of hydrogen-bond acceptors (Lipinski definition) is 5. The van der Waals surface area contributed by atoms with Crippen molar-refractivity contribution in [2.45, 2.75) is 6.61 Å². The van der Waals surface area contributed by atoms with Gasteiger partial charge in [-0.05, 0) is 48.0 Å². The van der Waals surface area contributed by atoms with Crippen LogP contribution in [0.3, 0.4) is 0 Å². The van der Waals surface area contributed by atoms with Gasteiger partial charge in [-0.15, -0.1) is 0 Å². The van der Waals surface area contributed by atoms with Gasteiger partial charge in [0.25, 0.3) is 11.8 Å². The standard InChI is InChI=1S/C26H23N3O5/c1-28(2)21-12-11-18(23(15-21)34-16-17-7-6-8-19(13-17)26(32)33)14-22-24(30)27-29(25(22)31)20-9-4-3-5-10-20/h3-15H,16H2,1-2H3,(H,27,30)(H,32,33)/b22-14-. The van der Waals surface area contributed by atoms with Gasteiger partial charge in [0.1, 0.15) is 17.9 Å². The molecular formula is C26H23N3O5. The molecule has 1 aliphatic heterocycles. The van der Waals surface area contributed by atoms with Crippen LogP contribution in [0.5, 0.6) is 5.75 Å². The van der Waals surface area contributed by atoms with E-state index < -0.39 is 17.8 Å². The molecule has 3 aromatic rings. The van der Waals surface area contributed by atoms with Crippen LogP contribution in [0.1, 0.15) is 21.5 Å². The van der Waals surface area contributed by atoms with E-state index in [9.17, 15) is 19.5 Å². The van der Waals surface area contributed by atoms with Gasteiger partial charge in [0.15, 0.2) is 0 Å². The van der Waals surface area contributed by atoms with Gasteiger partial charge < -0.3 is 14.7 Å². The molecule has 0 aliphatic carbocycles. The molecule has 0 radical (unpaired) electrons. The van der Waals surface area contributed by atoms with E-state index in [0.717, 1.165) is 5.69 Å². The zero-order valence-electron chi connectivity index (χ0n) is 18.7. The number of para-hydroxylation sites is 1. The fourth-order valence-electron chi connectivity index (χ4n) is 3.47. The van der Waals surface area contributed by atoms with E-state index in [2.05, 4.69) is 5.43 Å². The molecular weight excluding hydrogens is 434 g/mol. The Morgan fingerprint density at radius 3 is 2.50 bits per heavy atom. The topological polar surface area (TPSA) is 99.2 Å². The lowest BCUT2D eigenvalue weighted by molar-refractivity contribution is -0.117. The molecule has 1 heterocycles. The maximum Gasteiger partial charge on any atom is 0.335 e. The van der Waals surface area contributed by atoms with Crippen molar-refractivity contribution in [1.29, 1.82) is 0 Å². The number of ether oxygens (including phenoxy) is 1. The summed E-state index contributed by atoms with van der Waals surface area (Å²) in [7, 11) is 3.78. The van der Waals surface area contributed by atoms with Gasteiger partial charge in [0, 0.05) is 31.4 Å². The number of carboxylic acid groups (broad SMARTS) is 1. The fourth-order valence-corrected chi connectivity index (χ4v) is 3.47. The van der Waals surface area contributed by atoms with Gasteiger partial charge in [0.05, 0.1) is 11.3 Å². The van der Waals surface area contributed by atoms with Gasteiger partial charge >= 0.3 is 5.97 Å². The van der Waals surface area contributed by atoms with Gasteiger partial charge in [-0.25, -0.2) is 9.80 Å². The first kappa shape index (κ1) is 22.6. The molecule has 2 N–H and O–H groups in total. The number of rotatable bonds is 7. The third-order valence-electron chi connectivity index (χ3n) is 5.29. The second-order valence-corrected chi connectivity index (χ2v) is 7.89. The number of nitrogens with one attached hydrogen (secondary N) is 1. The Balaban J connectivity index is 1.65. The summed E-state index contributed by atoms with van der Waals surface area (Å²) in [5.74, 6) is -1.53. The maximum atomic E-state index is 13.0. The Bertz CT molecular complexity index is 1280. The highest BCUT2D eigenvalue weighted by Gasteiger charge is 2.34. The number of carboxylic acids is 1. The predicted molar refractivity (Wildman–Crippen MR) is 129 cm³/mol. The monoisotopic (exact) mass is 457 g/mol. The Kier molecular flexibility index (Phi) is 6.31. The molecule has 1 aliphatic rings. The van der Waals surface area contributed by atoms with Gasteiger partial charge in [-0.1, -0.05) is 30.3 Å². The average molecular weight is 457 g/mol. The summed E-state index contributed by atoms with van der Waals surface area (Å²) in [5.41, 5.74) is 5.39. The van der Waals surface area contributed by atoms with Crippen molar-refractivity contribution in [2.75, 3.05) is 24.0 Å². The van der Waals surface area contributed by atoms with Crippen molar-refractivity contribution in [3.05, 3.63) is 95.1 Å². The van der Waals surface area contributed by atoms with E-state index in [-0.39, 0.29) is 17.7 Å². The molecule has 0 saturated carbocycles. The molecule has 1 fully saturated rings. The minimum Gasteiger partial charge on any atom is -0.488 e. The zero-order chi connectivity index (χ0) is 24.2. The van der Waals surface area contributed by atoms with Crippen LogP contribution in [0.2, 0.25) is 0 Å². The van der Waals surface area contributed by atoms with Crippen LogP contribution in [0.15, 0.2) is 78.4 Å². The quantitative estimate of drug-likeness (QED) is 0.416. The molecule has 34 heavy (non-hydrogen) atoms. The molecule has 1 saturated heterocycles. The lowest BCUT2D eigenvalue weighted by Crippen LogP contribution is -2.35. The third kappa shape index (κ3) is 4.75. The molecule has 0 spiro atoms.